The van der Waals surface area contributed by atoms with Gasteiger partial charge in [0.25, 0.3) is 0 Å². The SMILES string of the molecule is NC1CCCN(c2ccnc(C3CC3)n2)C1. The molecular weight excluding hydrogens is 200 g/mol. The molecule has 16 heavy (non-hydrogen) atoms. The summed E-state index contributed by atoms with van der Waals surface area (Å²) in [7, 11) is 0. The van der Waals surface area contributed by atoms with Gasteiger partial charge in [0.15, 0.2) is 0 Å². The molecule has 2 heterocycles. The van der Waals surface area contributed by atoms with Gasteiger partial charge in [0.2, 0.25) is 0 Å². The minimum absolute atomic E-state index is 0.299. The maximum absolute atomic E-state index is 5.99. The highest BCUT2D eigenvalue weighted by Crippen LogP contribution is 2.38. The van der Waals surface area contributed by atoms with Gasteiger partial charge in [0, 0.05) is 31.2 Å². The summed E-state index contributed by atoms with van der Waals surface area (Å²) >= 11 is 0. The molecule has 1 aromatic heterocycles. The van der Waals surface area contributed by atoms with Gasteiger partial charge in [-0.1, -0.05) is 0 Å². The second-order valence-electron chi connectivity index (χ2n) is 4.90. The van der Waals surface area contributed by atoms with Gasteiger partial charge in [-0.25, -0.2) is 9.97 Å². The summed E-state index contributed by atoms with van der Waals surface area (Å²) in [6.07, 6.45) is 6.70. The molecule has 1 unspecified atom stereocenters. The Bertz CT molecular complexity index is 375. The number of anilines is 1. The maximum atomic E-state index is 5.99. The Hall–Kier alpha value is -1.16. The summed E-state index contributed by atoms with van der Waals surface area (Å²) in [6.45, 7) is 2.01. The van der Waals surface area contributed by atoms with Crippen molar-refractivity contribution in [3.05, 3.63) is 18.1 Å². The summed E-state index contributed by atoms with van der Waals surface area (Å²) in [4.78, 5) is 11.3. The molecule has 1 saturated carbocycles. The zero-order valence-corrected chi connectivity index (χ0v) is 9.47. The molecule has 3 rings (SSSR count). The highest BCUT2D eigenvalue weighted by molar-refractivity contribution is 5.39. The first kappa shape index (κ1) is 10.0. The van der Waals surface area contributed by atoms with Crippen molar-refractivity contribution in [3.8, 4) is 0 Å². The van der Waals surface area contributed by atoms with E-state index in [-0.39, 0.29) is 0 Å². The largest absolute Gasteiger partial charge is 0.355 e. The molecular formula is C12H18N4. The lowest BCUT2D eigenvalue weighted by Gasteiger charge is -2.31. The van der Waals surface area contributed by atoms with Crippen LogP contribution in [0.25, 0.3) is 0 Å². The van der Waals surface area contributed by atoms with Gasteiger partial charge in [-0.2, -0.15) is 0 Å². The van der Waals surface area contributed by atoms with Crippen LogP contribution in [0.3, 0.4) is 0 Å². The lowest BCUT2D eigenvalue weighted by Crippen LogP contribution is -2.43. The van der Waals surface area contributed by atoms with Crippen LogP contribution in [0.5, 0.6) is 0 Å². The van der Waals surface area contributed by atoms with Crippen molar-refractivity contribution in [2.75, 3.05) is 18.0 Å². The molecule has 2 N–H and O–H groups in total. The number of rotatable bonds is 2. The predicted octanol–water partition coefficient (Wildman–Crippen LogP) is 1.28. The van der Waals surface area contributed by atoms with E-state index in [1.165, 1.54) is 19.3 Å². The first-order chi connectivity index (χ1) is 7.83. The van der Waals surface area contributed by atoms with Crippen molar-refractivity contribution in [1.82, 2.24) is 9.97 Å². The maximum Gasteiger partial charge on any atom is 0.133 e. The van der Waals surface area contributed by atoms with E-state index in [9.17, 15) is 0 Å². The summed E-state index contributed by atoms with van der Waals surface area (Å²) in [5.41, 5.74) is 5.99. The van der Waals surface area contributed by atoms with Crippen LogP contribution in [-0.2, 0) is 0 Å². The van der Waals surface area contributed by atoms with Crippen LogP contribution in [0.15, 0.2) is 12.3 Å². The number of nitrogens with two attached hydrogens (primary N) is 1. The van der Waals surface area contributed by atoms with E-state index < -0.39 is 0 Å². The zero-order valence-electron chi connectivity index (χ0n) is 9.47. The lowest BCUT2D eigenvalue weighted by molar-refractivity contribution is 0.502. The molecule has 86 valence electrons. The summed E-state index contributed by atoms with van der Waals surface area (Å²) in [5, 5.41) is 0. The molecule has 2 aliphatic rings. The first-order valence-electron chi connectivity index (χ1n) is 6.16. The number of hydrogen-bond acceptors (Lipinski definition) is 4. The van der Waals surface area contributed by atoms with Gasteiger partial charge in [0.05, 0.1) is 0 Å². The standard InChI is InChI=1S/C12H18N4/c13-10-2-1-7-16(8-10)11-5-6-14-12(15-11)9-3-4-9/h5-6,9-10H,1-4,7-8,13H2. The molecule has 1 aliphatic carbocycles. The van der Waals surface area contributed by atoms with Crippen LogP contribution in [0, 0.1) is 0 Å². The number of aromatic nitrogens is 2. The molecule has 0 bridgehead atoms. The fourth-order valence-corrected chi connectivity index (χ4v) is 2.30. The van der Waals surface area contributed by atoms with Crippen molar-refractivity contribution >= 4 is 5.82 Å². The van der Waals surface area contributed by atoms with Crippen molar-refractivity contribution in [1.29, 1.82) is 0 Å². The van der Waals surface area contributed by atoms with E-state index in [0.717, 1.165) is 31.2 Å². The van der Waals surface area contributed by atoms with E-state index in [2.05, 4.69) is 14.9 Å². The fourth-order valence-electron chi connectivity index (χ4n) is 2.30. The monoisotopic (exact) mass is 218 g/mol. The molecule has 0 spiro atoms. The van der Waals surface area contributed by atoms with Gasteiger partial charge >= 0.3 is 0 Å². The van der Waals surface area contributed by atoms with Crippen molar-refractivity contribution in [2.45, 2.75) is 37.6 Å². The van der Waals surface area contributed by atoms with Crippen molar-refractivity contribution < 1.29 is 0 Å². The van der Waals surface area contributed by atoms with Crippen molar-refractivity contribution in [2.24, 2.45) is 5.73 Å². The van der Waals surface area contributed by atoms with E-state index in [4.69, 9.17) is 5.73 Å². The minimum atomic E-state index is 0.299. The molecule has 0 amide bonds. The third-order valence-electron chi connectivity index (χ3n) is 3.38. The Labute approximate surface area is 95.9 Å². The second-order valence-corrected chi connectivity index (χ2v) is 4.90. The fraction of sp³-hybridized carbons (Fsp3) is 0.667. The molecule has 1 aliphatic heterocycles. The second kappa shape index (κ2) is 4.01. The van der Waals surface area contributed by atoms with Crippen LogP contribution in [0.2, 0.25) is 0 Å². The zero-order chi connectivity index (χ0) is 11.0. The molecule has 4 heteroatoms. The van der Waals surface area contributed by atoms with Crippen LogP contribution in [0.1, 0.15) is 37.4 Å². The molecule has 1 aromatic rings. The Balaban J connectivity index is 1.79. The van der Waals surface area contributed by atoms with Gasteiger partial charge in [-0.05, 0) is 31.7 Å². The highest BCUT2D eigenvalue weighted by Gasteiger charge is 2.27. The van der Waals surface area contributed by atoms with Crippen LogP contribution < -0.4 is 10.6 Å². The van der Waals surface area contributed by atoms with Crippen molar-refractivity contribution in [3.63, 3.8) is 0 Å². The Morgan fingerprint density at radius 3 is 2.94 bits per heavy atom. The van der Waals surface area contributed by atoms with Crippen LogP contribution in [-0.4, -0.2) is 29.1 Å². The number of hydrogen-bond donors (Lipinski definition) is 1. The average Bonchev–Trinajstić information content (AvgIpc) is 3.13. The molecule has 1 atom stereocenters. The van der Waals surface area contributed by atoms with E-state index in [1.54, 1.807) is 0 Å². The Morgan fingerprint density at radius 1 is 1.31 bits per heavy atom. The molecule has 0 aromatic carbocycles. The average molecular weight is 218 g/mol. The normalized spacial score (nSPS) is 25.8. The Kier molecular flexibility index (Phi) is 2.52. The molecule has 1 saturated heterocycles. The van der Waals surface area contributed by atoms with Gasteiger partial charge in [0.1, 0.15) is 11.6 Å². The van der Waals surface area contributed by atoms with Crippen LogP contribution in [0.4, 0.5) is 5.82 Å². The number of nitrogens with zero attached hydrogens (tertiary/aromatic N) is 3. The number of piperidine rings is 1. The third-order valence-corrected chi connectivity index (χ3v) is 3.38. The highest BCUT2D eigenvalue weighted by atomic mass is 15.2. The summed E-state index contributed by atoms with van der Waals surface area (Å²) < 4.78 is 0. The lowest BCUT2D eigenvalue weighted by atomic mass is 10.1. The van der Waals surface area contributed by atoms with Gasteiger partial charge in [-0.3, -0.25) is 0 Å². The van der Waals surface area contributed by atoms with Gasteiger partial charge < -0.3 is 10.6 Å². The minimum Gasteiger partial charge on any atom is -0.355 e. The molecule has 4 nitrogen and oxygen atoms in total. The first-order valence-corrected chi connectivity index (χ1v) is 6.16. The Morgan fingerprint density at radius 2 is 2.19 bits per heavy atom. The topological polar surface area (TPSA) is 55.0 Å². The smallest absolute Gasteiger partial charge is 0.133 e. The van der Waals surface area contributed by atoms with E-state index in [1.807, 2.05) is 12.3 Å². The van der Waals surface area contributed by atoms with Crippen LogP contribution >= 0.6 is 0 Å². The molecule has 2 fully saturated rings. The summed E-state index contributed by atoms with van der Waals surface area (Å²) in [5.74, 6) is 2.71. The van der Waals surface area contributed by atoms with E-state index >= 15 is 0 Å². The van der Waals surface area contributed by atoms with Gasteiger partial charge in [-0.15, -0.1) is 0 Å². The third kappa shape index (κ3) is 2.02. The summed E-state index contributed by atoms with van der Waals surface area (Å²) in [6, 6.07) is 2.30. The quantitative estimate of drug-likeness (QED) is 0.812. The molecule has 0 radical (unpaired) electrons. The van der Waals surface area contributed by atoms with E-state index in [0.29, 0.717) is 12.0 Å². The predicted molar refractivity (Wildman–Crippen MR) is 63.4 cm³/mol.